The summed E-state index contributed by atoms with van der Waals surface area (Å²) in [5.41, 5.74) is 2.80. The number of hydrogen-bond donors (Lipinski definition) is 0. The van der Waals surface area contributed by atoms with E-state index in [1.807, 2.05) is 6.08 Å². The number of benzene rings is 4. The average Bonchev–Trinajstić information content (AvgIpc) is 3.31. The molecule has 0 aromatic heterocycles. The zero-order valence-electron chi connectivity index (χ0n) is 36.0. The van der Waals surface area contributed by atoms with Gasteiger partial charge in [-0.05, 0) is 153 Å². The highest BCUT2D eigenvalue weighted by Crippen LogP contribution is 2.27. The highest BCUT2D eigenvalue weighted by Gasteiger charge is 2.23. The Kier molecular flexibility index (Phi) is 20.0. The van der Waals surface area contributed by atoms with Gasteiger partial charge in [0.2, 0.25) is 0 Å². The van der Waals surface area contributed by atoms with Gasteiger partial charge in [-0.2, -0.15) is 0 Å². The molecule has 4 aromatic rings. The highest BCUT2D eigenvalue weighted by molar-refractivity contribution is 5.91. The lowest BCUT2D eigenvalue weighted by Gasteiger charge is -2.22. The van der Waals surface area contributed by atoms with Gasteiger partial charge in [0.25, 0.3) is 0 Å². The third-order valence-electron chi connectivity index (χ3n) is 10.3. The van der Waals surface area contributed by atoms with E-state index in [1.165, 1.54) is 16.3 Å². The van der Waals surface area contributed by atoms with Crippen molar-refractivity contribution < 1.29 is 47.6 Å². The van der Waals surface area contributed by atoms with Crippen molar-refractivity contribution in [3.63, 3.8) is 0 Å². The zero-order valence-corrected chi connectivity index (χ0v) is 36.0. The van der Waals surface area contributed by atoms with Crippen molar-refractivity contribution >= 4 is 34.6 Å². The second-order valence-electron chi connectivity index (χ2n) is 15.0. The van der Waals surface area contributed by atoms with Crippen molar-refractivity contribution in [2.24, 2.45) is 0 Å². The van der Waals surface area contributed by atoms with Crippen LogP contribution in [0.2, 0.25) is 0 Å². The number of fused-ring (bicyclic) bond motifs is 1. The van der Waals surface area contributed by atoms with E-state index in [-0.39, 0.29) is 0 Å². The third kappa shape index (κ3) is 16.6. The Labute approximate surface area is 370 Å². The number of carbonyl (C=O) groups excluding carboxylic acids is 4. The summed E-state index contributed by atoms with van der Waals surface area (Å²) in [6, 6.07) is 28.5. The Hall–Kier alpha value is -6.68. The van der Waals surface area contributed by atoms with Crippen molar-refractivity contribution in [2.45, 2.75) is 83.2 Å². The topological polar surface area (TPSA) is 124 Å². The third-order valence-corrected chi connectivity index (χ3v) is 10.3. The first-order valence-corrected chi connectivity index (χ1v) is 21.8. The molecule has 5 rings (SSSR count). The molecule has 1 aliphatic rings. The van der Waals surface area contributed by atoms with Crippen LogP contribution in [0, 0.1) is 0 Å². The molecule has 10 nitrogen and oxygen atoms in total. The van der Waals surface area contributed by atoms with E-state index in [2.05, 4.69) is 61.7 Å². The van der Waals surface area contributed by atoms with Crippen LogP contribution in [0.1, 0.15) is 96.9 Å². The van der Waals surface area contributed by atoms with Crippen LogP contribution in [0.4, 0.5) is 0 Å². The summed E-state index contributed by atoms with van der Waals surface area (Å²) < 4.78 is 33.6. The first kappa shape index (κ1) is 47.4. The first-order valence-electron chi connectivity index (χ1n) is 21.8. The van der Waals surface area contributed by atoms with Gasteiger partial charge >= 0.3 is 23.9 Å². The Bertz CT molecular complexity index is 2210. The molecule has 10 heteroatoms. The molecule has 0 aliphatic heterocycles. The Morgan fingerprint density at radius 1 is 0.603 bits per heavy atom. The van der Waals surface area contributed by atoms with E-state index in [1.54, 1.807) is 60.7 Å². The van der Waals surface area contributed by atoms with E-state index in [4.69, 9.17) is 28.4 Å². The van der Waals surface area contributed by atoms with Gasteiger partial charge in [-0.3, -0.25) is 0 Å². The van der Waals surface area contributed by atoms with Gasteiger partial charge in [0.1, 0.15) is 23.4 Å². The molecule has 0 N–H and O–H groups in total. The molecule has 1 unspecified atom stereocenters. The van der Waals surface area contributed by atoms with Crippen LogP contribution in [-0.2, 0) is 35.0 Å². The normalized spacial score (nSPS) is 13.4. The molecule has 0 saturated carbocycles. The summed E-state index contributed by atoms with van der Waals surface area (Å²) in [6.45, 7) is 8.60. The molecule has 0 radical (unpaired) electrons. The van der Waals surface area contributed by atoms with Crippen LogP contribution < -0.4 is 9.47 Å². The van der Waals surface area contributed by atoms with Crippen LogP contribution in [0.3, 0.4) is 0 Å². The van der Waals surface area contributed by atoms with Crippen molar-refractivity contribution in [1.29, 1.82) is 0 Å². The minimum absolute atomic E-state index is 0.325. The SMILES string of the molecule is C=CC(=O)OCCCCCCOc1ccc(C(=O)OC2=CCC(OC(=O)c3ccc(OCCCCCCOC(=O)C=C)cc3)C(/C=C\CCCc3cccc4ccccc34)=C2)cc1. The molecule has 0 heterocycles. The predicted molar refractivity (Wildman–Crippen MR) is 245 cm³/mol. The number of rotatable bonds is 27. The van der Waals surface area contributed by atoms with Gasteiger partial charge in [-0.1, -0.05) is 67.8 Å². The second-order valence-corrected chi connectivity index (χ2v) is 15.0. The monoisotopic (exact) mass is 854 g/mol. The van der Waals surface area contributed by atoms with Crippen LogP contribution in [-0.4, -0.2) is 56.4 Å². The molecule has 63 heavy (non-hydrogen) atoms. The van der Waals surface area contributed by atoms with Gasteiger partial charge in [0.15, 0.2) is 0 Å². The number of esters is 4. The second kappa shape index (κ2) is 26.6. The number of carbonyl (C=O) groups is 4. The number of ether oxygens (including phenoxy) is 6. The number of allylic oxidation sites excluding steroid dienone is 2. The minimum atomic E-state index is -0.586. The molecule has 0 spiro atoms. The molecule has 1 atom stereocenters. The number of hydrogen-bond acceptors (Lipinski definition) is 10. The number of aryl methyl sites for hydroxylation is 1. The summed E-state index contributed by atoms with van der Waals surface area (Å²) >= 11 is 0. The summed E-state index contributed by atoms with van der Waals surface area (Å²) in [4.78, 5) is 48.9. The smallest absolute Gasteiger partial charge is 0.343 e. The lowest BCUT2D eigenvalue weighted by Crippen LogP contribution is -2.22. The van der Waals surface area contributed by atoms with Gasteiger partial charge in [0.05, 0.1) is 37.6 Å². The Balaban J connectivity index is 1.13. The van der Waals surface area contributed by atoms with E-state index in [0.717, 1.165) is 88.4 Å². The van der Waals surface area contributed by atoms with Crippen LogP contribution >= 0.6 is 0 Å². The molecular formula is C53H58O10. The molecule has 1 aliphatic carbocycles. The highest BCUT2D eigenvalue weighted by atomic mass is 16.6. The van der Waals surface area contributed by atoms with E-state index < -0.39 is 30.0 Å². The van der Waals surface area contributed by atoms with Gasteiger partial charge in [-0.25, -0.2) is 19.2 Å². The van der Waals surface area contributed by atoms with Gasteiger partial charge in [-0.15, -0.1) is 0 Å². The minimum Gasteiger partial charge on any atom is -0.494 e. The van der Waals surface area contributed by atoms with Gasteiger partial charge in [0, 0.05) is 18.6 Å². The van der Waals surface area contributed by atoms with Crippen molar-refractivity contribution in [3.05, 3.63) is 169 Å². The first-order chi connectivity index (χ1) is 30.8. The van der Waals surface area contributed by atoms with Crippen LogP contribution in [0.25, 0.3) is 10.8 Å². The molecule has 0 fully saturated rings. The predicted octanol–water partition coefficient (Wildman–Crippen LogP) is 11.4. The van der Waals surface area contributed by atoms with Crippen molar-refractivity contribution in [2.75, 3.05) is 26.4 Å². The standard InChI is InChI=1S/C53H58O10/c1-3-50(54)60-37-16-7-5-14-35-58-45-29-25-42(26-30-45)52(56)62-47-33-34-49(44(39-47)21-11-9-10-19-40-22-18-23-41-20-12-13-24-48(40)41)63-53(57)43-27-31-46(32-28-43)59-36-15-6-8-17-38-61-51(55)4-2/h3-4,11-13,18,20-33,39,49H,1-2,5-10,14-17,19,34-38H2/b21-11-. The maximum absolute atomic E-state index is 13.4. The van der Waals surface area contributed by atoms with E-state index in [9.17, 15) is 19.2 Å². The summed E-state index contributed by atoms with van der Waals surface area (Å²) in [7, 11) is 0. The fourth-order valence-electron chi connectivity index (χ4n) is 6.85. The molecule has 330 valence electrons. The largest absolute Gasteiger partial charge is 0.494 e. The van der Waals surface area contributed by atoms with E-state index in [0.29, 0.717) is 61.2 Å². The van der Waals surface area contributed by atoms with Crippen LogP contribution in [0.15, 0.2) is 152 Å². The molecule has 0 amide bonds. The maximum Gasteiger partial charge on any atom is 0.343 e. The van der Waals surface area contributed by atoms with E-state index >= 15 is 0 Å². The Morgan fingerprint density at radius 2 is 1.16 bits per heavy atom. The maximum atomic E-state index is 13.4. The van der Waals surface area contributed by atoms with Crippen molar-refractivity contribution in [1.82, 2.24) is 0 Å². The van der Waals surface area contributed by atoms with Gasteiger partial charge < -0.3 is 28.4 Å². The summed E-state index contributed by atoms with van der Waals surface area (Å²) in [5, 5.41) is 2.48. The van der Waals surface area contributed by atoms with Crippen LogP contribution in [0.5, 0.6) is 11.5 Å². The van der Waals surface area contributed by atoms with Crippen molar-refractivity contribution in [3.8, 4) is 11.5 Å². The summed E-state index contributed by atoms with van der Waals surface area (Å²) in [5.74, 6) is -0.115. The Morgan fingerprint density at radius 3 is 1.76 bits per heavy atom. The zero-order chi connectivity index (χ0) is 44.5. The summed E-state index contributed by atoms with van der Waals surface area (Å²) in [6.07, 6.45) is 19.2. The quantitative estimate of drug-likeness (QED) is 0.0248. The lowest BCUT2D eigenvalue weighted by molar-refractivity contribution is -0.138. The molecule has 0 bridgehead atoms. The molecule has 4 aromatic carbocycles. The lowest BCUT2D eigenvalue weighted by atomic mass is 9.98. The molecular weight excluding hydrogens is 797 g/mol. The molecule has 0 saturated heterocycles. The fraction of sp³-hybridized carbons (Fsp3) is 0.321. The number of unbranched alkanes of at least 4 members (excludes halogenated alkanes) is 7. The fourth-order valence-corrected chi connectivity index (χ4v) is 6.85. The average molecular weight is 855 g/mol.